The number of hydrogen-bond acceptors (Lipinski definition) is 4. The lowest BCUT2D eigenvalue weighted by atomic mass is 10.1. The summed E-state index contributed by atoms with van der Waals surface area (Å²) in [7, 11) is -3.55. The monoisotopic (exact) mass is 395 g/mol. The summed E-state index contributed by atoms with van der Waals surface area (Å²) in [4.78, 5) is 16.5. The highest BCUT2D eigenvalue weighted by Gasteiger charge is 2.11. The van der Waals surface area contributed by atoms with E-state index < -0.39 is 10.0 Å². The van der Waals surface area contributed by atoms with Gasteiger partial charge >= 0.3 is 0 Å². The number of aromatic nitrogens is 1. The maximum absolute atomic E-state index is 12.5. The molecule has 0 bridgehead atoms. The number of anilines is 1. The molecule has 1 amide bonds. The molecule has 0 fully saturated rings. The average Bonchev–Trinajstić information content (AvgIpc) is 2.70. The number of carbonyl (C=O) groups is 1. The molecule has 1 heterocycles. The maximum Gasteiger partial charge on any atom is 0.255 e. The predicted octanol–water partition coefficient (Wildman–Crippen LogP) is 4.45. The van der Waals surface area contributed by atoms with Gasteiger partial charge in [-0.2, -0.15) is 0 Å². The van der Waals surface area contributed by atoms with E-state index in [1.807, 2.05) is 32.0 Å². The van der Waals surface area contributed by atoms with E-state index in [4.69, 9.17) is 0 Å². The molecule has 1 aromatic heterocycles. The minimum Gasteiger partial charge on any atom is -0.322 e. The molecule has 144 valence electrons. The predicted molar refractivity (Wildman–Crippen MR) is 110 cm³/mol. The molecule has 0 saturated heterocycles. The zero-order valence-corrected chi connectivity index (χ0v) is 16.4. The van der Waals surface area contributed by atoms with Crippen LogP contribution in [0.2, 0.25) is 0 Å². The van der Waals surface area contributed by atoms with Crippen LogP contribution in [0.4, 0.5) is 5.69 Å². The SMILES string of the molecule is Cc1ccc(NC(=O)c2ccc(S(=O)(O)=NCc3cccnc3)cc2)cc1C. The molecule has 0 aliphatic heterocycles. The Labute approximate surface area is 164 Å². The van der Waals surface area contributed by atoms with Crippen molar-refractivity contribution in [1.29, 1.82) is 0 Å². The molecule has 0 radical (unpaired) electrons. The Morgan fingerprint density at radius 3 is 2.50 bits per heavy atom. The summed E-state index contributed by atoms with van der Waals surface area (Å²) in [6.07, 6.45) is 3.22. The molecule has 2 aromatic carbocycles. The van der Waals surface area contributed by atoms with Crippen molar-refractivity contribution in [2.24, 2.45) is 4.36 Å². The fourth-order valence-corrected chi connectivity index (χ4v) is 3.50. The lowest BCUT2D eigenvalue weighted by Crippen LogP contribution is -2.12. The van der Waals surface area contributed by atoms with Crippen molar-refractivity contribution in [3.05, 3.63) is 89.2 Å². The van der Waals surface area contributed by atoms with Crippen LogP contribution in [0.5, 0.6) is 0 Å². The first-order valence-corrected chi connectivity index (χ1v) is 10.2. The summed E-state index contributed by atoms with van der Waals surface area (Å²) in [5.41, 5.74) is 4.08. The Kier molecular flexibility index (Phi) is 5.87. The van der Waals surface area contributed by atoms with E-state index in [0.717, 1.165) is 16.7 Å². The van der Waals surface area contributed by atoms with Gasteiger partial charge in [-0.1, -0.05) is 12.1 Å². The topological polar surface area (TPSA) is 91.7 Å². The second-order valence-electron chi connectivity index (χ2n) is 6.42. The van der Waals surface area contributed by atoms with Crippen LogP contribution in [0.3, 0.4) is 0 Å². The van der Waals surface area contributed by atoms with Gasteiger partial charge in [0.25, 0.3) is 5.91 Å². The first-order chi connectivity index (χ1) is 13.3. The second-order valence-corrected chi connectivity index (χ2v) is 8.15. The molecule has 3 aromatic rings. The highest BCUT2D eigenvalue weighted by atomic mass is 32.2. The van der Waals surface area contributed by atoms with Gasteiger partial charge in [0.05, 0.1) is 11.4 Å². The van der Waals surface area contributed by atoms with Gasteiger partial charge in [0.1, 0.15) is 0 Å². The van der Waals surface area contributed by atoms with Crippen LogP contribution in [-0.4, -0.2) is 19.7 Å². The van der Waals surface area contributed by atoms with Crippen LogP contribution in [0.25, 0.3) is 0 Å². The van der Waals surface area contributed by atoms with E-state index >= 15 is 0 Å². The molecule has 1 atom stereocenters. The number of amides is 1. The number of benzene rings is 2. The normalized spacial score (nSPS) is 12.8. The maximum atomic E-state index is 12.5. The van der Waals surface area contributed by atoms with Crippen molar-refractivity contribution >= 4 is 21.6 Å². The highest BCUT2D eigenvalue weighted by Crippen LogP contribution is 2.17. The third-order valence-corrected chi connectivity index (χ3v) is 5.70. The lowest BCUT2D eigenvalue weighted by Gasteiger charge is -2.09. The van der Waals surface area contributed by atoms with E-state index in [9.17, 15) is 13.6 Å². The van der Waals surface area contributed by atoms with Crippen molar-refractivity contribution in [2.45, 2.75) is 25.3 Å². The van der Waals surface area contributed by atoms with Gasteiger partial charge in [-0.15, -0.1) is 0 Å². The van der Waals surface area contributed by atoms with Crippen molar-refractivity contribution in [3.63, 3.8) is 0 Å². The molecule has 7 heteroatoms. The van der Waals surface area contributed by atoms with Gasteiger partial charge in [0, 0.05) is 23.6 Å². The fraction of sp³-hybridized carbons (Fsp3) is 0.143. The van der Waals surface area contributed by atoms with Crippen molar-refractivity contribution in [3.8, 4) is 0 Å². The van der Waals surface area contributed by atoms with Crippen molar-refractivity contribution in [1.82, 2.24) is 4.98 Å². The quantitative estimate of drug-likeness (QED) is 0.668. The summed E-state index contributed by atoms with van der Waals surface area (Å²) in [5.74, 6) is -0.286. The molecule has 6 nitrogen and oxygen atoms in total. The number of hydrogen-bond donors (Lipinski definition) is 2. The minimum atomic E-state index is -3.55. The third kappa shape index (κ3) is 4.82. The largest absolute Gasteiger partial charge is 0.322 e. The van der Waals surface area contributed by atoms with E-state index in [1.165, 1.54) is 24.3 Å². The number of pyridine rings is 1. The average molecular weight is 395 g/mol. The minimum absolute atomic E-state index is 0.0815. The summed E-state index contributed by atoms with van der Waals surface area (Å²) >= 11 is 0. The zero-order chi connectivity index (χ0) is 20.1. The summed E-state index contributed by atoms with van der Waals surface area (Å²) in [6.45, 7) is 4.07. The van der Waals surface area contributed by atoms with Crippen LogP contribution in [-0.2, 0) is 16.6 Å². The standard InChI is InChI=1S/C21H21N3O3S/c1-15-5-8-19(12-16(15)2)24-21(25)18-6-9-20(10-7-18)28(26,27)23-14-17-4-3-11-22-13-17/h3-13H,14H2,1-2H3,(H,24,25)(H,23,26,27). The van der Waals surface area contributed by atoms with E-state index in [-0.39, 0.29) is 17.3 Å². The molecular formula is C21H21N3O3S. The number of carbonyl (C=O) groups excluding carboxylic acids is 1. The Morgan fingerprint density at radius 1 is 1.11 bits per heavy atom. The summed E-state index contributed by atoms with van der Waals surface area (Å²) in [6, 6.07) is 15.1. The Balaban J connectivity index is 1.73. The Morgan fingerprint density at radius 2 is 1.86 bits per heavy atom. The van der Waals surface area contributed by atoms with Gasteiger partial charge in [0.2, 0.25) is 0 Å². The molecule has 0 aliphatic rings. The first kappa shape index (κ1) is 19.7. The fourth-order valence-electron chi connectivity index (χ4n) is 2.53. The summed E-state index contributed by atoms with van der Waals surface area (Å²) in [5, 5.41) is 2.83. The van der Waals surface area contributed by atoms with Gasteiger partial charge in [-0.25, -0.2) is 8.57 Å². The van der Waals surface area contributed by atoms with E-state index in [1.54, 1.807) is 24.5 Å². The number of rotatable bonds is 5. The molecular weight excluding hydrogens is 374 g/mol. The second kappa shape index (κ2) is 8.33. The van der Waals surface area contributed by atoms with Crippen LogP contribution in [0, 0.1) is 13.8 Å². The number of nitrogens with zero attached hydrogens (tertiary/aromatic N) is 2. The van der Waals surface area contributed by atoms with Crippen LogP contribution >= 0.6 is 0 Å². The van der Waals surface area contributed by atoms with Crippen LogP contribution in [0.1, 0.15) is 27.0 Å². The molecule has 2 N–H and O–H groups in total. The van der Waals surface area contributed by atoms with Gasteiger partial charge in [0.15, 0.2) is 10.0 Å². The van der Waals surface area contributed by atoms with Gasteiger partial charge in [-0.05, 0) is 73.0 Å². The van der Waals surface area contributed by atoms with Crippen molar-refractivity contribution < 1.29 is 13.6 Å². The lowest BCUT2D eigenvalue weighted by molar-refractivity contribution is 0.102. The smallest absolute Gasteiger partial charge is 0.255 e. The molecule has 3 rings (SSSR count). The number of nitrogens with one attached hydrogen (secondary N) is 1. The molecule has 28 heavy (non-hydrogen) atoms. The highest BCUT2D eigenvalue weighted by molar-refractivity contribution is 7.88. The molecule has 0 aliphatic carbocycles. The molecule has 1 unspecified atom stereocenters. The molecule has 0 spiro atoms. The van der Waals surface area contributed by atoms with Crippen LogP contribution in [0.15, 0.2) is 76.2 Å². The Hall–Kier alpha value is -3.03. The zero-order valence-electron chi connectivity index (χ0n) is 15.6. The van der Waals surface area contributed by atoms with E-state index in [2.05, 4.69) is 14.7 Å². The third-order valence-electron chi connectivity index (χ3n) is 4.33. The number of aryl methyl sites for hydroxylation is 2. The van der Waals surface area contributed by atoms with Crippen molar-refractivity contribution in [2.75, 3.05) is 5.32 Å². The Bertz CT molecular complexity index is 1100. The summed E-state index contributed by atoms with van der Waals surface area (Å²) < 4.78 is 26.6. The van der Waals surface area contributed by atoms with Gasteiger partial charge in [-0.3, -0.25) is 14.3 Å². The van der Waals surface area contributed by atoms with E-state index in [0.29, 0.717) is 11.3 Å². The first-order valence-electron chi connectivity index (χ1n) is 8.68. The molecule has 0 saturated carbocycles. The van der Waals surface area contributed by atoms with Gasteiger partial charge < -0.3 is 5.32 Å². The van der Waals surface area contributed by atoms with Crippen LogP contribution < -0.4 is 5.32 Å².